The van der Waals surface area contributed by atoms with Crippen molar-refractivity contribution < 1.29 is 59.5 Å². The minimum atomic E-state index is -1.88. The number of ether oxygens (including phenoxy) is 3. The molecule has 0 amide bonds. The molecule has 3 rings (SSSR count). The number of hydrogen-bond acceptors (Lipinski definition) is 12. The molecule has 34 heavy (non-hydrogen) atoms. The summed E-state index contributed by atoms with van der Waals surface area (Å²) in [5, 5.41) is 67.9. The largest absolute Gasteiger partial charge is 0.508 e. The second-order valence-corrected chi connectivity index (χ2v) is 7.34. The summed E-state index contributed by atoms with van der Waals surface area (Å²) >= 11 is 0. The van der Waals surface area contributed by atoms with Crippen molar-refractivity contribution >= 4 is 18.0 Å². The molecule has 1 heterocycles. The minimum absolute atomic E-state index is 0.0539. The van der Waals surface area contributed by atoms with Crippen LogP contribution in [0, 0.1) is 0 Å². The molecule has 0 saturated carbocycles. The molecule has 0 unspecified atom stereocenters. The summed E-state index contributed by atoms with van der Waals surface area (Å²) in [4.78, 5) is 24.3. The highest BCUT2D eigenvalue weighted by molar-refractivity contribution is 5.91. The Hall–Kier alpha value is -3.84. The van der Waals surface area contributed by atoms with E-state index in [4.69, 9.17) is 14.2 Å². The van der Waals surface area contributed by atoms with Crippen LogP contribution in [0.1, 0.15) is 15.9 Å². The maximum Gasteiger partial charge on any atom is 0.340 e. The SMILES string of the molecule is O=C(C=Cc1ccc(O)cc1)OC[C@@H]1O[C@@H](OC(=O)c2cc(O)c(O)c(O)c2)[C@H](O)[C@H](O)[C@@H]1O. The van der Waals surface area contributed by atoms with Crippen LogP contribution in [0.3, 0.4) is 0 Å². The van der Waals surface area contributed by atoms with Crippen LogP contribution in [-0.2, 0) is 19.0 Å². The Bertz CT molecular complexity index is 1040. The Labute approximate surface area is 192 Å². The summed E-state index contributed by atoms with van der Waals surface area (Å²) in [5.41, 5.74) is 0.187. The molecule has 182 valence electrons. The van der Waals surface area contributed by atoms with Gasteiger partial charge in [-0.3, -0.25) is 0 Å². The lowest BCUT2D eigenvalue weighted by atomic mass is 9.99. The number of benzene rings is 2. The van der Waals surface area contributed by atoms with E-state index in [0.717, 1.165) is 18.2 Å². The van der Waals surface area contributed by atoms with Crippen LogP contribution in [-0.4, -0.2) is 85.0 Å². The first-order valence-electron chi connectivity index (χ1n) is 9.86. The average molecular weight is 478 g/mol. The molecular formula is C22H22O12. The van der Waals surface area contributed by atoms with Crippen LogP contribution in [0.4, 0.5) is 0 Å². The molecule has 1 saturated heterocycles. The van der Waals surface area contributed by atoms with Crippen molar-refractivity contribution in [2.75, 3.05) is 6.61 Å². The summed E-state index contributed by atoms with van der Waals surface area (Å²) in [6.07, 6.45) is -6.10. The van der Waals surface area contributed by atoms with Crippen molar-refractivity contribution in [1.82, 2.24) is 0 Å². The van der Waals surface area contributed by atoms with Gasteiger partial charge >= 0.3 is 11.9 Å². The maximum absolute atomic E-state index is 12.3. The monoisotopic (exact) mass is 478 g/mol. The summed E-state index contributed by atoms with van der Waals surface area (Å²) in [6.45, 7) is -0.571. The third-order valence-electron chi connectivity index (χ3n) is 4.89. The predicted molar refractivity (Wildman–Crippen MR) is 112 cm³/mol. The molecule has 12 nitrogen and oxygen atoms in total. The molecule has 0 aliphatic carbocycles. The van der Waals surface area contributed by atoms with Gasteiger partial charge in [0.2, 0.25) is 6.29 Å². The van der Waals surface area contributed by atoms with E-state index in [-0.39, 0.29) is 5.75 Å². The molecule has 2 aromatic rings. The van der Waals surface area contributed by atoms with E-state index in [1.807, 2.05) is 0 Å². The van der Waals surface area contributed by atoms with Crippen LogP contribution in [0.15, 0.2) is 42.5 Å². The molecule has 5 atom stereocenters. The lowest BCUT2D eigenvalue weighted by Crippen LogP contribution is -2.59. The molecule has 0 aromatic heterocycles. The summed E-state index contributed by atoms with van der Waals surface area (Å²) in [7, 11) is 0. The highest BCUT2D eigenvalue weighted by atomic mass is 16.7. The van der Waals surface area contributed by atoms with Gasteiger partial charge in [-0.2, -0.15) is 0 Å². The molecule has 1 aliphatic heterocycles. The van der Waals surface area contributed by atoms with Crippen LogP contribution >= 0.6 is 0 Å². The maximum atomic E-state index is 12.3. The van der Waals surface area contributed by atoms with E-state index in [9.17, 15) is 45.3 Å². The zero-order valence-corrected chi connectivity index (χ0v) is 17.4. The molecule has 12 heteroatoms. The van der Waals surface area contributed by atoms with Gasteiger partial charge in [0.25, 0.3) is 0 Å². The lowest BCUT2D eigenvalue weighted by Gasteiger charge is -2.39. The Kier molecular flexibility index (Phi) is 7.58. The number of rotatable bonds is 6. The molecule has 0 bridgehead atoms. The van der Waals surface area contributed by atoms with Crippen molar-refractivity contribution in [1.29, 1.82) is 0 Å². The standard InChI is InChI=1S/C22H22O12/c23-12-4-1-10(2-5-12)3-6-16(26)32-9-15-18(28)19(29)20(30)22(33-15)34-21(31)11-7-13(24)17(27)14(25)8-11/h1-8,15,18-20,22-25,27-30H,9H2/t15-,18+,19+,20+,22-/m0/s1. The van der Waals surface area contributed by atoms with Gasteiger partial charge in [-0.15, -0.1) is 0 Å². The fourth-order valence-electron chi connectivity index (χ4n) is 3.01. The van der Waals surface area contributed by atoms with Gasteiger partial charge < -0.3 is 50.0 Å². The number of aliphatic hydroxyl groups excluding tert-OH is 3. The van der Waals surface area contributed by atoms with Crippen molar-refractivity contribution in [3.63, 3.8) is 0 Å². The zero-order chi connectivity index (χ0) is 25.0. The average Bonchev–Trinajstić information content (AvgIpc) is 2.81. The molecule has 0 spiro atoms. The first-order valence-corrected chi connectivity index (χ1v) is 9.86. The van der Waals surface area contributed by atoms with E-state index < -0.39 is 72.1 Å². The molecule has 1 aliphatic rings. The molecule has 2 aromatic carbocycles. The van der Waals surface area contributed by atoms with Crippen LogP contribution in [0.25, 0.3) is 6.08 Å². The number of carbonyl (C=O) groups excluding carboxylic acids is 2. The van der Waals surface area contributed by atoms with Crippen LogP contribution in [0.2, 0.25) is 0 Å². The third kappa shape index (κ3) is 5.74. The second kappa shape index (κ2) is 10.4. The number of esters is 2. The number of hydrogen-bond donors (Lipinski definition) is 7. The number of aliphatic hydroxyl groups is 3. The van der Waals surface area contributed by atoms with E-state index in [0.29, 0.717) is 5.56 Å². The Morgan fingerprint density at radius 3 is 2.15 bits per heavy atom. The van der Waals surface area contributed by atoms with E-state index >= 15 is 0 Å². The predicted octanol–water partition coefficient (Wildman–Crippen LogP) is -0.270. The van der Waals surface area contributed by atoms with Crippen molar-refractivity contribution in [3.05, 3.63) is 53.6 Å². The highest BCUT2D eigenvalue weighted by Crippen LogP contribution is 2.36. The van der Waals surface area contributed by atoms with E-state index in [1.54, 1.807) is 12.1 Å². The first-order chi connectivity index (χ1) is 16.1. The Balaban J connectivity index is 1.62. The molecule has 1 fully saturated rings. The number of phenolic OH excluding ortho intramolecular Hbond substituents is 4. The molecular weight excluding hydrogens is 456 g/mol. The summed E-state index contributed by atoms with van der Waals surface area (Å²) in [6, 6.07) is 7.53. The van der Waals surface area contributed by atoms with Gasteiger partial charge in [0, 0.05) is 6.08 Å². The van der Waals surface area contributed by atoms with Gasteiger partial charge in [-0.05, 0) is 35.9 Å². The lowest BCUT2D eigenvalue weighted by molar-refractivity contribution is -0.285. The fraction of sp³-hybridized carbons (Fsp3) is 0.273. The molecule has 7 N–H and O–H groups in total. The highest BCUT2D eigenvalue weighted by Gasteiger charge is 2.46. The summed E-state index contributed by atoms with van der Waals surface area (Å²) in [5.74, 6) is -4.45. The van der Waals surface area contributed by atoms with Crippen molar-refractivity contribution in [2.24, 2.45) is 0 Å². The topological polar surface area (TPSA) is 203 Å². The summed E-state index contributed by atoms with van der Waals surface area (Å²) < 4.78 is 15.2. The van der Waals surface area contributed by atoms with Gasteiger partial charge in [-0.25, -0.2) is 9.59 Å². The van der Waals surface area contributed by atoms with Crippen molar-refractivity contribution in [3.8, 4) is 23.0 Å². The quantitative estimate of drug-likeness (QED) is 0.163. The van der Waals surface area contributed by atoms with Gasteiger partial charge in [0.15, 0.2) is 17.2 Å². The Morgan fingerprint density at radius 1 is 0.912 bits per heavy atom. The van der Waals surface area contributed by atoms with Gasteiger partial charge in [0.1, 0.15) is 36.8 Å². The minimum Gasteiger partial charge on any atom is -0.508 e. The number of carbonyl (C=O) groups is 2. The van der Waals surface area contributed by atoms with Gasteiger partial charge in [0.05, 0.1) is 5.56 Å². The third-order valence-corrected chi connectivity index (χ3v) is 4.89. The smallest absolute Gasteiger partial charge is 0.340 e. The number of phenols is 4. The van der Waals surface area contributed by atoms with Crippen LogP contribution in [0.5, 0.6) is 23.0 Å². The molecule has 0 radical (unpaired) electrons. The van der Waals surface area contributed by atoms with Crippen molar-refractivity contribution in [2.45, 2.75) is 30.7 Å². The fourth-order valence-corrected chi connectivity index (χ4v) is 3.01. The zero-order valence-electron chi connectivity index (χ0n) is 17.4. The van der Waals surface area contributed by atoms with E-state index in [1.165, 1.54) is 18.2 Å². The normalized spacial score (nSPS) is 24.6. The Morgan fingerprint density at radius 2 is 1.53 bits per heavy atom. The first kappa shape index (κ1) is 24.8. The number of aromatic hydroxyl groups is 4. The second-order valence-electron chi connectivity index (χ2n) is 7.34. The van der Waals surface area contributed by atoms with E-state index in [2.05, 4.69) is 0 Å². The van der Waals surface area contributed by atoms with Crippen LogP contribution < -0.4 is 0 Å². The van der Waals surface area contributed by atoms with Gasteiger partial charge in [-0.1, -0.05) is 12.1 Å².